The molecule has 1 saturated carbocycles. The third kappa shape index (κ3) is 5.16. The Kier molecular flexibility index (Phi) is 6.77. The van der Waals surface area contributed by atoms with Crippen LogP contribution in [0.2, 0.25) is 0 Å². The molecule has 1 aromatic rings. The van der Waals surface area contributed by atoms with Gasteiger partial charge in [-0.05, 0) is 31.9 Å². The number of rotatable bonds is 7. The van der Waals surface area contributed by atoms with Crippen molar-refractivity contribution in [2.24, 2.45) is 0 Å². The Labute approximate surface area is 142 Å². The summed E-state index contributed by atoms with van der Waals surface area (Å²) in [6.07, 6.45) is 3.36. The molecule has 23 heavy (non-hydrogen) atoms. The lowest BCUT2D eigenvalue weighted by Gasteiger charge is -2.29. The number of urea groups is 1. The highest BCUT2D eigenvalue weighted by molar-refractivity contribution is 7.99. The molecule has 2 rings (SSSR count). The molecule has 3 amide bonds. The Morgan fingerprint density at radius 2 is 1.83 bits per heavy atom. The highest BCUT2D eigenvalue weighted by atomic mass is 32.2. The molecule has 0 heterocycles. The predicted octanol–water partition coefficient (Wildman–Crippen LogP) is 2.53. The fraction of sp³-hybridized carbons (Fsp3) is 0.529. The minimum Gasteiger partial charge on any atom is -0.353 e. The minimum absolute atomic E-state index is 0.0603. The van der Waals surface area contributed by atoms with E-state index in [1.54, 1.807) is 11.8 Å². The molecule has 0 radical (unpaired) electrons. The zero-order valence-corrected chi connectivity index (χ0v) is 14.4. The predicted molar refractivity (Wildman–Crippen MR) is 93.6 cm³/mol. The molecule has 1 aliphatic rings. The van der Waals surface area contributed by atoms with Crippen molar-refractivity contribution in [3.8, 4) is 0 Å². The number of hydrogen-bond acceptors (Lipinski definition) is 3. The van der Waals surface area contributed by atoms with Crippen molar-refractivity contribution in [1.82, 2.24) is 16.0 Å². The molecule has 5 nitrogen and oxygen atoms in total. The quantitative estimate of drug-likeness (QED) is 0.530. The maximum atomic E-state index is 12.6. The summed E-state index contributed by atoms with van der Waals surface area (Å²) in [6.45, 7) is 3.01. The van der Waals surface area contributed by atoms with E-state index in [1.165, 1.54) is 4.90 Å². The Morgan fingerprint density at radius 3 is 2.48 bits per heavy atom. The van der Waals surface area contributed by atoms with Gasteiger partial charge in [0.05, 0.1) is 0 Å². The van der Waals surface area contributed by atoms with Crippen molar-refractivity contribution in [3.63, 3.8) is 0 Å². The average Bonchev–Trinajstić information content (AvgIpc) is 3.02. The molecule has 0 aromatic heterocycles. The van der Waals surface area contributed by atoms with E-state index in [0.29, 0.717) is 25.9 Å². The van der Waals surface area contributed by atoms with Crippen molar-refractivity contribution >= 4 is 23.7 Å². The van der Waals surface area contributed by atoms with Gasteiger partial charge in [-0.3, -0.25) is 4.79 Å². The molecule has 1 fully saturated rings. The summed E-state index contributed by atoms with van der Waals surface area (Å²) in [6, 6.07) is 9.85. The van der Waals surface area contributed by atoms with Crippen LogP contribution in [0.1, 0.15) is 32.6 Å². The van der Waals surface area contributed by atoms with Crippen LogP contribution in [-0.2, 0) is 4.79 Å². The lowest BCUT2D eigenvalue weighted by atomic mass is 9.96. The van der Waals surface area contributed by atoms with Gasteiger partial charge >= 0.3 is 6.03 Å². The first-order chi connectivity index (χ1) is 11.2. The van der Waals surface area contributed by atoms with E-state index >= 15 is 0 Å². The van der Waals surface area contributed by atoms with Crippen molar-refractivity contribution in [3.05, 3.63) is 30.3 Å². The van der Waals surface area contributed by atoms with E-state index in [-0.39, 0.29) is 11.9 Å². The van der Waals surface area contributed by atoms with Gasteiger partial charge in [0.1, 0.15) is 5.54 Å². The summed E-state index contributed by atoms with van der Waals surface area (Å²) in [5, 5.41) is 8.57. The van der Waals surface area contributed by atoms with Crippen LogP contribution in [0.25, 0.3) is 0 Å². The Balaban J connectivity index is 1.80. The lowest BCUT2D eigenvalue weighted by molar-refractivity contribution is -0.127. The van der Waals surface area contributed by atoms with Crippen LogP contribution in [0.15, 0.2) is 35.2 Å². The molecule has 6 heteroatoms. The SMILES string of the molecule is CCNC(=O)NC1(C(=O)NCCSc2ccccc2)CCCC1. The molecule has 0 spiro atoms. The van der Waals surface area contributed by atoms with Crippen LogP contribution in [0.5, 0.6) is 0 Å². The topological polar surface area (TPSA) is 70.2 Å². The van der Waals surface area contributed by atoms with Crippen LogP contribution < -0.4 is 16.0 Å². The van der Waals surface area contributed by atoms with Gasteiger partial charge in [-0.15, -0.1) is 11.8 Å². The second-order valence-electron chi connectivity index (χ2n) is 5.69. The summed E-state index contributed by atoms with van der Waals surface area (Å²) >= 11 is 1.71. The van der Waals surface area contributed by atoms with E-state index in [0.717, 1.165) is 18.6 Å². The zero-order chi connectivity index (χ0) is 16.5. The maximum absolute atomic E-state index is 12.6. The molecule has 0 saturated heterocycles. The van der Waals surface area contributed by atoms with E-state index in [1.807, 2.05) is 25.1 Å². The van der Waals surface area contributed by atoms with Gasteiger partial charge < -0.3 is 16.0 Å². The molecule has 0 bridgehead atoms. The first-order valence-corrected chi connectivity index (χ1v) is 9.17. The largest absolute Gasteiger partial charge is 0.353 e. The Morgan fingerprint density at radius 1 is 1.13 bits per heavy atom. The van der Waals surface area contributed by atoms with Crippen molar-refractivity contribution in [1.29, 1.82) is 0 Å². The average molecular weight is 335 g/mol. The van der Waals surface area contributed by atoms with E-state index in [4.69, 9.17) is 0 Å². The van der Waals surface area contributed by atoms with Gasteiger partial charge in [0.2, 0.25) is 5.91 Å². The highest BCUT2D eigenvalue weighted by Gasteiger charge is 2.42. The number of amides is 3. The maximum Gasteiger partial charge on any atom is 0.315 e. The van der Waals surface area contributed by atoms with E-state index in [9.17, 15) is 9.59 Å². The number of hydrogen-bond donors (Lipinski definition) is 3. The third-order valence-corrected chi connectivity index (χ3v) is 5.00. The number of carbonyl (C=O) groups excluding carboxylic acids is 2. The molecule has 0 unspecified atom stereocenters. The number of carbonyl (C=O) groups is 2. The summed E-state index contributed by atoms with van der Waals surface area (Å²) in [5.74, 6) is 0.752. The highest BCUT2D eigenvalue weighted by Crippen LogP contribution is 2.30. The van der Waals surface area contributed by atoms with Crippen LogP contribution in [-0.4, -0.2) is 36.3 Å². The number of benzene rings is 1. The minimum atomic E-state index is -0.739. The Hall–Kier alpha value is -1.69. The van der Waals surface area contributed by atoms with Crippen LogP contribution in [0.3, 0.4) is 0 Å². The zero-order valence-electron chi connectivity index (χ0n) is 13.6. The van der Waals surface area contributed by atoms with Crippen LogP contribution >= 0.6 is 11.8 Å². The fourth-order valence-corrected chi connectivity index (χ4v) is 3.62. The molecule has 1 aliphatic carbocycles. The van der Waals surface area contributed by atoms with Crippen LogP contribution in [0, 0.1) is 0 Å². The van der Waals surface area contributed by atoms with Crippen molar-refractivity contribution in [2.45, 2.75) is 43.0 Å². The molecule has 0 atom stereocenters. The van der Waals surface area contributed by atoms with Gasteiger partial charge in [0, 0.05) is 23.7 Å². The summed E-state index contributed by atoms with van der Waals surface area (Å²) in [7, 11) is 0. The summed E-state index contributed by atoms with van der Waals surface area (Å²) in [5.41, 5.74) is -0.739. The smallest absolute Gasteiger partial charge is 0.315 e. The second-order valence-corrected chi connectivity index (χ2v) is 6.86. The molecule has 126 valence electrons. The molecule has 0 aliphatic heterocycles. The van der Waals surface area contributed by atoms with Crippen molar-refractivity contribution < 1.29 is 9.59 Å². The van der Waals surface area contributed by atoms with Crippen molar-refractivity contribution in [2.75, 3.05) is 18.8 Å². The van der Waals surface area contributed by atoms with E-state index in [2.05, 4.69) is 28.1 Å². The van der Waals surface area contributed by atoms with Crippen LogP contribution in [0.4, 0.5) is 4.79 Å². The monoisotopic (exact) mass is 335 g/mol. The first kappa shape index (κ1) is 17.7. The molecule has 3 N–H and O–H groups in total. The number of thioether (sulfide) groups is 1. The molecular weight excluding hydrogens is 310 g/mol. The normalized spacial score (nSPS) is 15.9. The summed E-state index contributed by atoms with van der Waals surface area (Å²) in [4.78, 5) is 25.6. The standard InChI is InChI=1S/C17H25N3O2S/c1-2-18-16(22)20-17(10-6-7-11-17)15(21)19-12-13-23-14-8-4-3-5-9-14/h3-5,8-9H,2,6-7,10-13H2,1H3,(H,19,21)(H2,18,20,22). The second kappa shape index (κ2) is 8.82. The fourth-order valence-electron chi connectivity index (χ4n) is 2.83. The van der Waals surface area contributed by atoms with Gasteiger partial charge in [-0.2, -0.15) is 0 Å². The molecule has 1 aromatic carbocycles. The van der Waals surface area contributed by atoms with Gasteiger partial charge in [-0.1, -0.05) is 31.0 Å². The summed E-state index contributed by atoms with van der Waals surface area (Å²) < 4.78 is 0. The van der Waals surface area contributed by atoms with E-state index < -0.39 is 5.54 Å². The Bertz CT molecular complexity index is 516. The molecular formula is C17H25N3O2S. The number of nitrogens with one attached hydrogen (secondary N) is 3. The first-order valence-electron chi connectivity index (χ1n) is 8.18. The van der Waals surface area contributed by atoms with Gasteiger partial charge in [0.15, 0.2) is 0 Å². The van der Waals surface area contributed by atoms with Gasteiger partial charge in [0.25, 0.3) is 0 Å². The third-order valence-electron chi connectivity index (χ3n) is 3.98. The lowest BCUT2D eigenvalue weighted by Crippen LogP contribution is -2.59. The van der Waals surface area contributed by atoms with Gasteiger partial charge in [-0.25, -0.2) is 4.79 Å².